The molecule has 0 aliphatic heterocycles. The molecule has 0 saturated heterocycles. The van der Waals surface area contributed by atoms with Crippen molar-refractivity contribution in [2.75, 3.05) is 6.61 Å². The highest BCUT2D eigenvalue weighted by Gasteiger charge is 2.18. The average molecular weight is 372 g/mol. The number of hydrogen-bond donors (Lipinski definition) is 2. The second-order valence-corrected chi connectivity index (χ2v) is 6.58. The Hall–Kier alpha value is -3.20. The van der Waals surface area contributed by atoms with Gasteiger partial charge in [0.2, 0.25) is 0 Å². The lowest BCUT2D eigenvalue weighted by Gasteiger charge is -2.03. The van der Waals surface area contributed by atoms with Crippen LogP contribution in [0.2, 0.25) is 0 Å². The number of nitrogens with two attached hydrogens (primary N) is 1. The third kappa shape index (κ3) is 3.89. The fourth-order valence-electron chi connectivity index (χ4n) is 2.45. The monoisotopic (exact) mass is 372 g/mol. The third-order valence-electron chi connectivity index (χ3n) is 3.58. The van der Waals surface area contributed by atoms with Crippen molar-refractivity contribution in [3.05, 3.63) is 52.5 Å². The Morgan fingerprint density at radius 1 is 1.27 bits per heavy atom. The van der Waals surface area contributed by atoms with Crippen LogP contribution in [0.25, 0.3) is 10.2 Å². The highest BCUT2D eigenvalue weighted by Crippen LogP contribution is 2.29. The van der Waals surface area contributed by atoms with Crippen molar-refractivity contribution in [1.82, 2.24) is 15.1 Å². The van der Waals surface area contributed by atoms with Gasteiger partial charge in [-0.25, -0.2) is 9.59 Å². The van der Waals surface area contributed by atoms with Crippen LogP contribution in [0.15, 0.2) is 36.4 Å². The number of amides is 3. The normalized spacial score (nSPS) is 10.7. The summed E-state index contributed by atoms with van der Waals surface area (Å²) in [5, 5.41) is 7.20. The van der Waals surface area contributed by atoms with Crippen LogP contribution >= 0.6 is 11.3 Å². The summed E-state index contributed by atoms with van der Waals surface area (Å²) in [6.45, 7) is 1.87. The predicted molar refractivity (Wildman–Crippen MR) is 95.9 cm³/mol. The maximum atomic E-state index is 12.1. The number of carbonyl (C=O) groups is 3. The summed E-state index contributed by atoms with van der Waals surface area (Å²) in [6, 6.07) is 10.6. The lowest BCUT2D eigenvalue weighted by Crippen LogP contribution is -2.37. The van der Waals surface area contributed by atoms with Crippen molar-refractivity contribution >= 4 is 39.5 Å². The molecular weight excluding hydrogens is 356 g/mol. The molecule has 9 heteroatoms. The largest absolute Gasteiger partial charge is 0.451 e. The first kappa shape index (κ1) is 17.6. The molecule has 0 radical (unpaired) electrons. The molecule has 0 atom stereocenters. The van der Waals surface area contributed by atoms with Gasteiger partial charge in [0.05, 0.1) is 12.2 Å². The standard InChI is InChI=1S/C17H16N4O4S/c1-10-12-7-13(16(23)25-9-14(22)19-17(18)24)26-15(12)21(20-10)8-11-5-3-2-4-6-11/h2-7H,8-9H2,1H3,(H3,18,19,22,24). The molecule has 0 bridgehead atoms. The molecular formula is C17H16N4O4S. The van der Waals surface area contributed by atoms with Crippen molar-refractivity contribution in [3.8, 4) is 0 Å². The summed E-state index contributed by atoms with van der Waals surface area (Å²) in [5.74, 6) is -1.42. The minimum Gasteiger partial charge on any atom is -0.451 e. The number of thiophene rings is 1. The Labute approximate surface area is 152 Å². The third-order valence-corrected chi connectivity index (χ3v) is 4.71. The smallest absolute Gasteiger partial charge is 0.348 e. The summed E-state index contributed by atoms with van der Waals surface area (Å²) >= 11 is 1.24. The number of aryl methyl sites for hydroxylation is 1. The maximum Gasteiger partial charge on any atom is 0.348 e. The maximum absolute atomic E-state index is 12.1. The van der Waals surface area contributed by atoms with Crippen LogP contribution in [0, 0.1) is 6.92 Å². The quantitative estimate of drug-likeness (QED) is 0.663. The molecule has 3 rings (SSSR count). The molecule has 0 fully saturated rings. The summed E-state index contributed by atoms with van der Waals surface area (Å²) in [5.41, 5.74) is 6.72. The Balaban J connectivity index is 1.76. The first-order chi connectivity index (χ1) is 12.4. The Bertz CT molecular complexity index is 977. The van der Waals surface area contributed by atoms with Gasteiger partial charge in [-0.05, 0) is 18.6 Å². The zero-order chi connectivity index (χ0) is 18.7. The van der Waals surface area contributed by atoms with Crippen LogP contribution in [0.4, 0.5) is 4.79 Å². The second kappa shape index (κ2) is 7.36. The van der Waals surface area contributed by atoms with Gasteiger partial charge < -0.3 is 10.5 Å². The molecule has 134 valence electrons. The van der Waals surface area contributed by atoms with Gasteiger partial charge in [-0.15, -0.1) is 11.3 Å². The van der Waals surface area contributed by atoms with Gasteiger partial charge >= 0.3 is 12.0 Å². The fourth-order valence-corrected chi connectivity index (χ4v) is 3.51. The number of urea groups is 1. The van der Waals surface area contributed by atoms with E-state index in [1.807, 2.05) is 47.3 Å². The van der Waals surface area contributed by atoms with E-state index in [0.717, 1.165) is 21.5 Å². The van der Waals surface area contributed by atoms with Crippen molar-refractivity contribution in [1.29, 1.82) is 0 Å². The number of carbonyl (C=O) groups excluding carboxylic acids is 3. The number of esters is 1. The Morgan fingerprint density at radius 2 is 2.00 bits per heavy atom. The molecule has 0 unspecified atom stereocenters. The number of fused-ring (bicyclic) bond motifs is 1. The van der Waals surface area contributed by atoms with Gasteiger partial charge in [-0.3, -0.25) is 14.8 Å². The highest BCUT2D eigenvalue weighted by molar-refractivity contribution is 7.20. The van der Waals surface area contributed by atoms with Crippen LogP contribution in [0.5, 0.6) is 0 Å². The SMILES string of the molecule is Cc1nn(Cc2ccccc2)c2sc(C(=O)OCC(=O)NC(N)=O)cc12. The summed E-state index contributed by atoms with van der Waals surface area (Å²) in [6.07, 6.45) is 0. The average Bonchev–Trinajstić information content (AvgIpc) is 3.15. The van der Waals surface area contributed by atoms with E-state index < -0.39 is 24.5 Å². The molecule has 0 aliphatic carbocycles. The molecule has 0 aliphatic rings. The molecule has 8 nitrogen and oxygen atoms in total. The lowest BCUT2D eigenvalue weighted by atomic mass is 10.2. The lowest BCUT2D eigenvalue weighted by molar-refractivity contribution is -0.123. The first-order valence-corrected chi connectivity index (χ1v) is 8.53. The number of aromatic nitrogens is 2. The van der Waals surface area contributed by atoms with E-state index in [1.165, 1.54) is 11.3 Å². The highest BCUT2D eigenvalue weighted by atomic mass is 32.1. The van der Waals surface area contributed by atoms with Crippen LogP contribution in [0.3, 0.4) is 0 Å². The topological polar surface area (TPSA) is 116 Å². The zero-order valence-electron chi connectivity index (χ0n) is 13.9. The minimum atomic E-state index is -0.996. The van der Waals surface area contributed by atoms with Gasteiger partial charge in [-0.1, -0.05) is 30.3 Å². The van der Waals surface area contributed by atoms with Crippen molar-refractivity contribution in [2.24, 2.45) is 5.73 Å². The van der Waals surface area contributed by atoms with Gasteiger partial charge in [0, 0.05) is 5.39 Å². The minimum absolute atomic E-state index is 0.356. The van der Waals surface area contributed by atoms with Gasteiger partial charge in [0.25, 0.3) is 5.91 Å². The van der Waals surface area contributed by atoms with E-state index in [1.54, 1.807) is 6.07 Å². The fraction of sp³-hybridized carbons (Fsp3) is 0.176. The number of imide groups is 1. The zero-order valence-corrected chi connectivity index (χ0v) is 14.7. The van der Waals surface area contributed by atoms with E-state index in [9.17, 15) is 14.4 Å². The van der Waals surface area contributed by atoms with Crippen LogP contribution in [-0.4, -0.2) is 34.3 Å². The van der Waals surface area contributed by atoms with Gasteiger partial charge in [-0.2, -0.15) is 5.10 Å². The summed E-state index contributed by atoms with van der Waals surface area (Å²) in [7, 11) is 0. The number of rotatable bonds is 5. The van der Waals surface area contributed by atoms with Gasteiger partial charge in [0.1, 0.15) is 9.71 Å². The van der Waals surface area contributed by atoms with E-state index >= 15 is 0 Å². The molecule has 3 amide bonds. The number of primary amides is 1. The molecule has 0 saturated carbocycles. The molecule has 2 heterocycles. The van der Waals surface area contributed by atoms with Crippen LogP contribution in [0.1, 0.15) is 20.9 Å². The molecule has 3 aromatic rings. The molecule has 26 heavy (non-hydrogen) atoms. The van der Waals surface area contributed by atoms with Crippen LogP contribution < -0.4 is 11.1 Å². The van der Waals surface area contributed by atoms with E-state index in [4.69, 9.17) is 10.5 Å². The predicted octanol–water partition coefficient (Wildman–Crippen LogP) is 1.81. The Kier molecular flexibility index (Phi) is 4.99. The molecule has 3 N–H and O–H groups in total. The van der Waals surface area contributed by atoms with Crippen molar-refractivity contribution in [3.63, 3.8) is 0 Å². The van der Waals surface area contributed by atoms with Gasteiger partial charge in [0.15, 0.2) is 6.61 Å². The first-order valence-electron chi connectivity index (χ1n) is 7.71. The van der Waals surface area contributed by atoms with Crippen molar-refractivity contribution < 1.29 is 19.1 Å². The Morgan fingerprint density at radius 3 is 2.69 bits per heavy atom. The number of hydrogen-bond acceptors (Lipinski definition) is 6. The molecule has 1 aromatic carbocycles. The number of ether oxygens (including phenoxy) is 1. The van der Waals surface area contributed by atoms with E-state index in [2.05, 4.69) is 5.10 Å². The summed E-state index contributed by atoms with van der Waals surface area (Å²) < 4.78 is 6.74. The summed E-state index contributed by atoms with van der Waals surface area (Å²) in [4.78, 5) is 35.2. The van der Waals surface area contributed by atoms with E-state index in [0.29, 0.717) is 11.4 Å². The van der Waals surface area contributed by atoms with E-state index in [-0.39, 0.29) is 0 Å². The molecule has 2 aromatic heterocycles. The van der Waals surface area contributed by atoms with Crippen molar-refractivity contribution in [2.45, 2.75) is 13.5 Å². The second-order valence-electron chi connectivity index (χ2n) is 5.55. The number of nitrogens with one attached hydrogen (secondary N) is 1. The van der Waals surface area contributed by atoms with Crippen LogP contribution in [-0.2, 0) is 16.1 Å². The number of benzene rings is 1. The number of nitrogens with zero attached hydrogens (tertiary/aromatic N) is 2. The molecule has 0 spiro atoms.